The van der Waals surface area contributed by atoms with Crippen molar-refractivity contribution in [1.29, 1.82) is 0 Å². The van der Waals surface area contributed by atoms with Crippen LogP contribution >= 0.6 is 12.4 Å². The molecule has 22 heavy (non-hydrogen) atoms. The predicted octanol–water partition coefficient (Wildman–Crippen LogP) is 1.71. The normalized spacial score (nSPS) is 19.8. The molecule has 0 aromatic rings. The second-order valence-electron chi connectivity index (χ2n) is 6.41. The van der Waals surface area contributed by atoms with E-state index in [-0.39, 0.29) is 30.8 Å². The largest absolute Gasteiger partial charge is 0.347 e. The van der Waals surface area contributed by atoms with Crippen LogP contribution in [0.3, 0.4) is 0 Å². The first-order chi connectivity index (χ1) is 10.2. The van der Waals surface area contributed by atoms with Gasteiger partial charge >= 0.3 is 0 Å². The molecular weight excluding hydrogens is 302 g/mol. The van der Waals surface area contributed by atoms with E-state index >= 15 is 0 Å². The average molecular weight is 332 g/mol. The van der Waals surface area contributed by atoms with Gasteiger partial charge in [-0.25, -0.2) is 0 Å². The van der Waals surface area contributed by atoms with Crippen LogP contribution in [-0.2, 0) is 9.59 Å². The van der Waals surface area contributed by atoms with E-state index in [0.717, 1.165) is 38.3 Å². The number of carbonyl (C=O) groups is 2. The fourth-order valence-electron chi connectivity index (χ4n) is 3.43. The molecule has 1 saturated carbocycles. The summed E-state index contributed by atoms with van der Waals surface area (Å²) in [5, 5.41) is 6.03. The highest BCUT2D eigenvalue weighted by atomic mass is 35.5. The standard InChI is InChI=1S/C16H29N3O2.ClH/c1-17-14-8-10-19(11-9-14)16(21)12-18-15(20)7-6-13-4-2-3-5-13;/h13-14,17H,2-12H2,1H3,(H,18,20);1H. The Morgan fingerprint density at radius 1 is 1.09 bits per heavy atom. The lowest BCUT2D eigenvalue weighted by molar-refractivity contribution is -0.133. The van der Waals surface area contributed by atoms with Crippen LogP contribution in [0.5, 0.6) is 0 Å². The molecule has 1 heterocycles. The van der Waals surface area contributed by atoms with E-state index in [1.54, 1.807) is 0 Å². The maximum atomic E-state index is 12.0. The van der Waals surface area contributed by atoms with Crippen LogP contribution in [0.1, 0.15) is 51.4 Å². The molecule has 2 amide bonds. The Bertz CT molecular complexity index is 351. The van der Waals surface area contributed by atoms with Crippen molar-refractivity contribution in [2.75, 3.05) is 26.7 Å². The second-order valence-corrected chi connectivity index (χ2v) is 6.41. The van der Waals surface area contributed by atoms with Gasteiger partial charge in [0.2, 0.25) is 11.8 Å². The van der Waals surface area contributed by atoms with Crippen molar-refractivity contribution in [1.82, 2.24) is 15.5 Å². The van der Waals surface area contributed by atoms with Crippen molar-refractivity contribution in [3.05, 3.63) is 0 Å². The van der Waals surface area contributed by atoms with E-state index in [0.29, 0.717) is 12.5 Å². The molecule has 128 valence electrons. The zero-order chi connectivity index (χ0) is 15.1. The van der Waals surface area contributed by atoms with Crippen molar-refractivity contribution in [2.45, 2.75) is 57.4 Å². The second kappa shape index (κ2) is 10.1. The van der Waals surface area contributed by atoms with Gasteiger partial charge in [0.1, 0.15) is 0 Å². The smallest absolute Gasteiger partial charge is 0.241 e. The molecule has 2 N–H and O–H groups in total. The Labute approximate surface area is 140 Å². The van der Waals surface area contributed by atoms with Gasteiger partial charge in [0.25, 0.3) is 0 Å². The molecule has 0 aromatic carbocycles. The summed E-state index contributed by atoms with van der Waals surface area (Å²) in [6.45, 7) is 1.75. The minimum absolute atomic E-state index is 0. The molecule has 6 heteroatoms. The molecule has 0 spiro atoms. The first-order valence-corrected chi connectivity index (χ1v) is 8.40. The van der Waals surface area contributed by atoms with Crippen LogP contribution in [0, 0.1) is 5.92 Å². The summed E-state index contributed by atoms with van der Waals surface area (Å²) >= 11 is 0. The van der Waals surface area contributed by atoms with E-state index in [4.69, 9.17) is 0 Å². The van der Waals surface area contributed by atoms with Crippen LogP contribution in [0.25, 0.3) is 0 Å². The van der Waals surface area contributed by atoms with Gasteiger partial charge < -0.3 is 15.5 Å². The maximum absolute atomic E-state index is 12.0. The van der Waals surface area contributed by atoms with E-state index in [9.17, 15) is 9.59 Å². The molecule has 1 aliphatic heterocycles. The zero-order valence-electron chi connectivity index (χ0n) is 13.6. The van der Waals surface area contributed by atoms with Crippen molar-refractivity contribution >= 4 is 24.2 Å². The maximum Gasteiger partial charge on any atom is 0.241 e. The molecule has 0 atom stereocenters. The Morgan fingerprint density at radius 3 is 2.32 bits per heavy atom. The summed E-state index contributed by atoms with van der Waals surface area (Å²) in [6.07, 6.45) is 8.71. The summed E-state index contributed by atoms with van der Waals surface area (Å²) in [6, 6.07) is 0.523. The Balaban J connectivity index is 0.00000242. The number of nitrogens with zero attached hydrogens (tertiary/aromatic N) is 1. The van der Waals surface area contributed by atoms with Crippen LogP contribution in [0.15, 0.2) is 0 Å². The molecular formula is C16H30ClN3O2. The minimum Gasteiger partial charge on any atom is -0.347 e. The highest BCUT2D eigenvalue weighted by molar-refractivity contribution is 5.85. The molecule has 0 unspecified atom stereocenters. The van der Waals surface area contributed by atoms with Crippen molar-refractivity contribution in [3.8, 4) is 0 Å². The fourth-order valence-corrected chi connectivity index (χ4v) is 3.43. The average Bonchev–Trinajstić information content (AvgIpc) is 3.04. The SMILES string of the molecule is CNC1CCN(C(=O)CNC(=O)CCC2CCCC2)CC1.Cl. The third kappa shape index (κ3) is 6.13. The number of hydrogen-bond acceptors (Lipinski definition) is 3. The van der Waals surface area contributed by atoms with Crippen molar-refractivity contribution < 1.29 is 9.59 Å². The highest BCUT2D eigenvalue weighted by Crippen LogP contribution is 2.28. The van der Waals surface area contributed by atoms with Crippen molar-refractivity contribution in [3.63, 3.8) is 0 Å². The number of rotatable bonds is 6. The molecule has 2 aliphatic rings. The molecule has 2 fully saturated rings. The topological polar surface area (TPSA) is 61.4 Å². The number of likely N-dealkylation sites (tertiary alicyclic amines) is 1. The highest BCUT2D eigenvalue weighted by Gasteiger charge is 2.22. The van der Waals surface area contributed by atoms with Gasteiger partial charge in [-0.15, -0.1) is 12.4 Å². The quantitative estimate of drug-likeness (QED) is 0.779. The summed E-state index contributed by atoms with van der Waals surface area (Å²) < 4.78 is 0. The van der Waals surface area contributed by atoms with Gasteiger partial charge in [0.05, 0.1) is 6.54 Å². The summed E-state index contributed by atoms with van der Waals surface area (Å²) in [4.78, 5) is 25.7. The van der Waals surface area contributed by atoms with Crippen LogP contribution < -0.4 is 10.6 Å². The van der Waals surface area contributed by atoms with Gasteiger partial charge in [-0.1, -0.05) is 25.7 Å². The Hall–Kier alpha value is -0.810. The fraction of sp³-hybridized carbons (Fsp3) is 0.875. The Morgan fingerprint density at radius 2 is 1.73 bits per heavy atom. The predicted molar refractivity (Wildman–Crippen MR) is 90.1 cm³/mol. The number of hydrogen-bond donors (Lipinski definition) is 2. The summed E-state index contributed by atoms with van der Waals surface area (Å²) in [7, 11) is 1.96. The lowest BCUT2D eigenvalue weighted by atomic mass is 10.0. The van der Waals surface area contributed by atoms with Crippen molar-refractivity contribution in [2.24, 2.45) is 5.92 Å². The van der Waals surface area contributed by atoms with Gasteiger partial charge in [-0.3, -0.25) is 9.59 Å². The molecule has 1 saturated heterocycles. The number of carbonyl (C=O) groups excluding carboxylic acids is 2. The lowest BCUT2D eigenvalue weighted by Crippen LogP contribution is -2.47. The molecule has 2 rings (SSSR count). The molecule has 1 aliphatic carbocycles. The van der Waals surface area contributed by atoms with Gasteiger partial charge in [-0.2, -0.15) is 0 Å². The van der Waals surface area contributed by atoms with E-state index in [1.165, 1.54) is 25.7 Å². The number of amides is 2. The Kier molecular flexibility index (Phi) is 8.79. The molecule has 5 nitrogen and oxygen atoms in total. The minimum atomic E-state index is 0. The van der Waals surface area contributed by atoms with E-state index in [1.807, 2.05) is 11.9 Å². The molecule has 0 radical (unpaired) electrons. The first-order valence-electron chi connectivity index (χ1n) is 8.40. The van der Waals surface area contributed by atoms with Crippen LogP contribution in [-0.4, -0.2) is 49.4 Å². The van der Waals surface area contributed by atoms with E-state index < -0.39 is 0 Å². The van der Waals surface area contributed by atoms with Crippen LogP contribution in [0.2, 0.25) is 0 Å². The monoisotopic (exact) mass is 331 g/mol. The number of piperidine rings is 1. The third-order valence-electron chi connectivity index (χ3n) is 4.95. The number of nitrogens with one attached hydrogen (secondary N) is 2. The van der Waals surface area contributed by atoms with Gasteiger partial charge in [0, 0.05) is 25.6 Å². The van der Waals surface area contributed by atoms with E-state index in [2.05, 4.69) is 10.6 Å². The summed E-state index contributed by atoms with van der Waals surface area (Å²) in [5.41, 5.74) is 0. The van der Waals surface area contributed by atoms with Crippen LogP contribution in [0.4, 0.5) is 0 Å². The number of halogens is 1. The lowest BCUT2D eigenvalue weighted by Gasteiger charge is -2.31. The summed E-state index contributed by atoms with van der Waals surface area (Å²) in [5.74, 6) is 0.811. The first kappa shape index (κ1) is 19.2. The van der Waals surface area contributed by atoms with Gasteiger partial charge in [-0.05, 0) is 32.2 Å². The molecule has 0 aromatic heterocycles. The zero-order valence-corrected chi connectivity index (χ0v) is 14.4. The third-order valence-corrected chi connectivity index (χ3v) is 4.95. The van der Waals surface area contributed by atoms with Gasteiger partial charge in [0.15, 0.2) is 0 Å². The molecule has 0 bridgehead atoms.